The number of benzene rings is 3. The lowest BCUT2D eigenvalue weighted by molar-refractivity contribution is -0.151. The van der Waals surface area contributed by atoms with Crippen LogP contribution in [0.3, 0.4) is 0 Å². The molecule has 0 atom stereocenters. The van der Waals surface area contributed by atoms with Gasteiger partial charge in [0.1, 0.15) is 0 Å². The van der Waals surface area contributed by atoms with Crippen LogP contribution in [-0.4, -0.2) is 36.7 Å². The lowest BCUT2D eigenvalue weighted by atomic mass is 10.1. The van der Waals surface area contributed by atoms with E-state index in [9.17, 15) is 9.59 Å². The third-order valence-corrected chi connectivity index (χ3v) is 5.27. The predicted octanol–water partition coefficient (Wildman–Crippen LogP) is 4.31. The predicted molar refractivity (Wildman–Crippen MR) is 113 cm³/mol. The zero-order valence-electron chi connectivity index (χ0n) is 16.1. The Bertz CT molecular complexity index is 969. The van der Waals surface area contributed by atoms with Crippen molar-refractivity contribution in [3.05, 3.63) is 77.9 Å². The number of ether oxygens (including phenoxy) is 1. The van der Waals surface area contributed by atoms with Gasteiger partial charge in [-0.25, -0.2) is 0 Å². The molecule has 0 fully saturated rings. The average Bonchev–Trinajstić information content (AvgIpc) is 2.72. The Morgan fingerprint density at radius 2 is 1.61 bits per heavy atom. The van der Waals surface area contributed by atoms with E-state index in [-0.39, 0.29) is 18.9 Å². The minimum Gasteiger partial charge on any atom is -0.455 e. The number of hydrogen-bond donors (Lipinski definition) is 0. The third-order valence-electron chi connectivity index (χ3n) is 4.52. The molecule has 0 aliphatic carbocycles. The molecular formula is C23H23NO3S. The molecule has 144 valence electrons. The van der Waals surface area contributed by atoms with Crippen molar-refractivity contribution < 1.29 is 14.3 Å². The average molecular weight is 394 g/mol. The lowest BCUT2D eigenvalue weighted by Gasteiger charge is -2.17. The molecule has 3 aromatic carbocycles. The molecule has 0 aromatic heterocycles. The van der Waals surface area contributed by atoms with E-state index in [1.54, 1.807) is 23.7 Å². The van der Waals surface area contributed by atoms with Gasteiger partial charge < -0.3 is 9.64 Å². The van der Waals surface area contributed by atoms with Crippen LogP contribution < -0.4 is 0 Å². The molecule has 0 aliphatic rings. The number of esters is 1. The van der Waals surface area contributed by atoms with Crippen LogP contribution in [0.15, 0.2) is 71.6 Å². The van der Waals surface area contributed by atoms with E-state index >= 15 is 0 Å². The van der Waals surface area contributed by atoms with Crippen molar-refractivity contribution in [2.45, 2.75) is 17.9 Å². The summed E-state index contributed by atoms with van der Waals surface area (Å²) >= 11 is 1.68. The molecule has 4 nitrogen and oxygen atoms in total. The molecule has 0 spiro atoms. The summed E-state index contributed by atoms with van der Waals surface area (Å²) in [5.41, 5.74) is 1.91. The molecule has 1 amide bonds. The fourth-order valence-electron chi connectivity index (χ4n) is 2.91. The van der Waals surface area contributed by atoms with Crippen LogP contribution in [0.5, 0.6) is 0 Å². The van der Waals surface area contributed by atoms with E-state index in [1.165, 1.54) is 4.90 Å². The van der Waals surface area contributed by atoms with E-state index in [0.717, 1.165) is 21.9 Å². The smallest absolute Gasteiger partial charge is 0.310 e. The second-order valence-corrected chi connectivity index (χ2v) is 7.50. The van der Waals surface area contributed by atoms with E-state index in [2.05, 4.69) is 0 Å². The first-order valence-electron chi connectivity index (χ1n) is 9.05. The van der Waals surface area contributed by atoms with Gasteiger partial charge in [0.2, 0.25) is 0 Å². The van der Waals surface area contributed by atoms with Gasteiger partial charge in [-0.1, -0.05) is 54.6 Å². The van der Waals surface area contributed by atoms with Gasteiger partial charge in [-0.15, -0.1) is 11.8 Å². The first kappa shape index (κ1) is 20.0. The number of thioether (sulfide) groups is 1. The molecule has 28 heavy (non-hydrogen) atoms. The van der Waals surface area contributed by atoms with Gasteiger partial charge in [0.15, 0.2) is 6.61 Å². The van der Waals surface area contributed by atoms with Crippen LogP contribution in [0.25, 0.3) is 10.8 Å². The molecule has 0 bridgehead atoms. The highest BCUT2D eigenvalue weighted by atomic mass is 32.2. The highest BCUT2D eigenvalue weighted by Crippen LogP contribution is 2.17. The van der Waals surface area contributed by atoms with Gasteiger partial charge in [-0.05, 0) is 40.3 Å². The zero-order valence-corrected chi connectivity index (χ0v) is 16.9. The van der Waals surface area contributed by atoms with Crippen molar-refractivity contribution >= 4 is 34.4 Å². The normalized spacial score (nSPS) is 10.6. The molecule has 0 unspecified atom stereocenters. The van der Waals surface area contributed by atoms with Crippen molar-refractivity contribution in [1.82, 2.24) is 4.90 Å². The van der Waals surface area contributed by atoms with Crippen molar-refractivity contribution in [2.24, 2.45) is 0 Å². The number of carbonyl (C=O) groups excluding carboxylic acids is 2. The first-order chi connectivity index (χ1) is 13.5. The quantitative estimate of drug-likeness (QED) is 0.443. The third kappa shape index (κ3) is 5.36. The number of nitrogens with zero attached hydrogens (tertiary/aromatic N) is 1. The Morgan fingerprint density at radius 1 is 0.929 bits per heavy atom. The van der Waals surface area contributed by atoms with Gasteiger partial charge in [0, 0.05) is 18.5 Å². The van der Waals surface area contributed by atoms with Gasteiger partial charge >= 0.3 is 5.97 Å². The van der Waals surface area contributed by atoms with Crippen molar-refractivity contribution in [3.63, 3.8) is 0 Å². The van der Waals surface area contributed by atoms with Gasteiger partial charge in [-0.2, -0.15) is 0 Å². The summed E-state index contributed by atoms with van der Waals surface area (Å²) in [6.07, 6.45) is 2.18. The van der Waals surface area contributed by atoms with Crippen molar-refractivity contribution in [3.8, 4) is 0 Å². The number of rotatable bonds is 7. The lowest BCUT2D eigenvalue weighted by Crippen LogP contribution is -2.31. The van der Waals surface area contributed by atoms with Crippen LogP contribution in [0.1, 0.15) is 11.1 Å². The van der Waals surface area contributed by atoms with Gasteiger partial charge in [0.25, 0.3) is 5.91 Å². The Kier molecular flexibility index (Phi) is 6.71. The number of hydrogen-bond acceptors (Lipinski definition) is 4. The fourth-order valence-corrected chi connectivity index (χ4v) is 3.32. The van der Waals surface area contributed by atoms with E-state index in [4.69, 9.17) is 4.74 Å². The summed E-state index contributed by atoms with van der Waals surface area (Å²) in [6, 6.07) is 21.9. The Labute approximate surface area is 169 Å². The van der Waals surface area contributed by atoms with Crippen LogP contribution in [0.4, 0.5) is 0 Å². The van der Waals surface area contributed by atoms with Crippen LogP contribution in [0, 0.1) is 0 Å². The number of carbonyl (C=O) groups is 2. The zero-order chi connectivity index (χ0) is 19.9. The maximum absolute atomic E-state index is 12.2. The van der Waals surface area contributed by atoms with Crippen LogP contribution in [0.2, 0.25) is 0 Å². The highest BCUT2D eigenvalue weighted by Gasteiger charge is 2.13. The largest absolute Gasteiger partial charge is 0.455 e. The van der Waals surface area contributed by atoms with Gasteiger partial charge in [0.05, 0.1) is 6.42 Å². The molecule has 0 saturated heterocycles. The summed E-state index contributed by atoms with van der Waals surface area (Å²) in [5.74, 6) is -0.623. The maximum atomic E-state index is 12.2. The number of amides is 1. The van der Waals surface area contributed by atoms with E-state index in [0.29, 0.717) is 6.54 Å². The maximum Gasteiger partial charge on any atom is 0.310 e. The van der Waals surface area contributed by atoms with Gasteiger partial charge in [-0.3, -0.25) is 9.59 Å². The standard InChI is InChI=1S/C23H23NO3S/c1-24(15-17-8-11-21(28-2)12-9-17)22(25)16-27-23(26)14-18-7-10-19-5-3-4-6-20(19)13-18/h3-13H,14-16H2,1-2H3. The topological polar surface area (TPSA) is 46.6 Å². The molecular weight excluding hydrogens is 370 g/mol. The summed E-state index contributed by atoms with van der Waals surface area (Å²) < 4.78 is 5.18. The molecule has 3 aromatic rings. The minimum atomic E-state index is -0.402. The Hall–Kier alpha value is -2.79. The van der Waals surface area contributed by atoms with E-state index < -0.39 is 5.97 Å². The number of likely N-dealkylation sites (N-methyl/N-ethyl adjacent to an activating group) is 1. The molecule has 0 N–H and O–H groups in total. The molecule has 0 heterocycles. The summed E-state index contributed by atoms with van der Waals surface area (Å²) in [5, 5.41) is 2.21. The summed E-state index contributed by atoms with van der Waals surface area (Å²) in [4.78, 5) is 27.1. The summed E-state index contributed by atoms with van der Waals surface area (Å²) in [7, 11) is 1.71. The summed E-state index contributed by atoms with van der Waals surface area (Å²) in [6.45, 7) is 0.238. The number of fused-ring (bicyclic) bond motifs is 1. The Morgan fingerprint density at radius 3 is 2.32 bits per heavy atom. The molecule has 0 saturated carbocycles. The molecule has 0 aliphatic heterocycles. The Balaban J connectivity index is 1.49. The second-order valence-electron chi connectivity index (χ2n) is 6.62. The highest BCUT2D eigenvalue weighted by molar-refractivity contribution is 7.98. The van der Waals surface area contributed by atoms with Crippen molar-refractivity contribution in [1.29, 1.82) is 0 Å². The van der Waals surface area contributed by atoms with Crippen LogP contribution >= 0.6 is 11.8 Å². The SMILES string of the molecule is CSc1ccc(CN(C)C(=O)COC(=O)Cc2ccc3ccccc3c2)cc1. The van der Waals surface area contributed by atoms with Crippen LogP contribution in [-0.2, 0) is 27.3 Å². The first-order valence-corrected chi connectivity index (χ1v) is 10.3. The second kappa shape index (κ2) is 9.42. The molecule has 0 radical (unpaired) electrons. The van der Waals surface area contributed by atoms with Crippen molar-refractivity contribution in [2.75, 3.05) is 19.9 Å². The monoisotopic (exact) mass is 393 g/mol. The minimum absolute atomic E-state index is 0.151. The van der Waals surface area contributed by atoms with E-state index in [1.807, 2.05) is 73.0 Å². The molecule has 3 rings (SSSR count). The fraction of sp³-hybridized carbons (Fsp3) is 0.217. The molecule has 5 heteroatoms.